The molecule has 5 heteroatoms. The Hall–Kier alpha value is -3.91. The Bertz CT molecular complexity index is 1170. The first-order chi connectivity index (χ1) is 15.5. The molecule has 0 aliphatic carbocycles. The predicted molar refractivity (Wildman–Crippen MR) is 125 cm³/mol. The summed E-state index contributed by atoms with van der Waals surface area (Å²) in [5.74, 6) is -0.0592. The minimum Gasteiger partial charge on any atom is -0.305 e. The van der Waals surface area contributed by atoms with Crippen molar-refractivity contribution in [3.8, 4) is 6.07 Å². The first-order valence-electron chi connectivity index (χ1n) is 10.8. The number of amides is 2. The largest absolute Gasteiger partial charge is 0.305 e. The van der Waals surface area contributed by atoms with Gasteiger partial charge in [0, 0.05) is 29.4 Å². The smallest absolute Gasteiger partial charge is 0.258 e. The van der Waals surface area contributed by atoms with E-state index in [0.717, 1.165) is 16.9 Å². The summed E-state index contributed by atoms with van der Waals surface area (Å²) in [5.41, 5.74) is 3.69. The van der Waals surface area contributed by atoms with E-state index in [1.54, 1.807) is 24.3 Å². The van der Waals surface area contributed by atoms with Crippen molar-refractivity contribution < 1.29 is 9.59 Å². The summed E-state index contributed by atoms with van der Waals surface area (Å²) in [6.07, 6.45) is 1.02. The van der Waals surface area contributed by atoms with Crippen LogP contribution in [0.2, 0.25) is 0 Å². The Balaban J connectivity index is 1.77. The van der Waals surface area contributed by atoms with Crippen molar-refractivity contribution in [1.82, 2.24) is 0 Å². The molecule has 1 aliphatic heterocycles. The van der Waals surface area contributed by atoms with E-state index in [0.29, 0.717) is 24.0 Å². The molecule has 1 aliphatic rings. The second-order valence-electron chi connectivity index (χ2n) is 7.98. The van der Waals surface area contributed by atoms with Crippen molar-refractivity contribution in [2.45, 2.75) is 38.8 Å². The lowest BCUT2D eigenvalue weighted by atomic mass is 9.89. The molecular weight excluding hydrogens is 398 g/mol. The molecular formula is C27H25N3O2. The molecule has 0 bridgehead atoms. The first-order valence-corrected chi connectivity index (χ1v) is 10.8. The van der Waals surface area contributed by atoms with Crippen LogP contribution in [0.15, 0.2) is 78.9 Å². The van der Waals surface area contributed by atoms with Crippen molar-refractivity contribution in [3.63, 3.8) is 0 Å². The fourth-order valence-electron chi connectivity index (χ4n) is 4.42. The van der Waals surface area contributed by atoms with E-state index >= 15 is 0 Å². The molecule has 160 valence electrons. The van der Waals surface area contributed by atoms with Gasteiger partial charge in [-0.2, -0.15) is 5.26 Å². The molecule has 1 heterocycles. The second kappa shape index (κ2) is 9.07. The number of benzene rings is 3. The maximum absolute atomic E-state index is 13.5. The second-order valence-corrected chi connectivity index (χ2v) is 7.98. The number of carbonyl (C=O) groups excluding carboxylic acids is 2. The van der Waals surface area contributed by atoms with Gasteiger partial charge in [0.2, 0.25) is 5.91 Å². The van der Waals surface area contributed by atoms with Crippen LogP contribution in [0, 0.1) is 11.3 Å². The van der Waals surface area contributed by atoms with E-state index in [4.69, 9.17) is 5.26 Å². The molecule has 4 rings (SSSR count). The van der Waals surface area contributed by atoms with Crippen LogP contribution in [0.1, 0.15) is 54.2 Å². The van der Waals surface area contributed by atoms with Crippen LogP contribution in [-0.2, 0) is 4.79 Å². The van der Waals surface area contributed by atoms with Gasteiger partial charge in [-0.3, -0.25) is 9.59 Å². The van der Waals surface area contributed by atoms with Crippen LogP contribution in [0.3, 0.4) is 0 Å². The summed E-state index contributed by atoms with van der Waals surface area (Å²) in [6, 6.07) is 26.0. The summed E-state index contributed by atoms with van der Waals surface area (Å²) >= 11 is 0. The number of nitriles is 1. The molecule has 0 saturated heterocycles. The minimum absolute atomic E-state index is 0.0510. The number of fused-ring (bicyclic) bond motifs is 1. The first kappa shape index (κ1) is 21.3. The van der Waals surface area contributed by atoms with E-state index in [-0.39, 0.29) is 23.9 Å². The number of hydrogen-bond acceptors (Lipinski definition) is 3. The zero-order valence-corrected chi connectivity index (χ0v) is 18.2. The van der Waals surface area contributed by atoms with Gasteiger partial charge in [-0.1, -0.05) is 43.3 Å². The minimum atomic E-state index is -0.166. The molecule has 0 radical (unpaired) electrons. The fraction of sp³-hybridized carbons (Fsp3) is 0.222. The van der Waals surface area contributed by atoms with E-state index < -0.39 is 0 Å². The lowest BCUT2D eigenvalue weighted by molar-refractivity contribution is -0.118. The van der Waals surface area contributed by atoms with E-state index in [9.17, 15) is 9.59 Å². The fourth-order valence-corrected chi connectivity index (χ4v) is 4.42. The van der Waals surface area contributed by atoms with Crippen LogP contribution in [0.25, 0.3) is 0 Å². The molecule has 0 fully saturated rings. The van der Waals surface area contributed by atoms with Crippen molar-refractivity contribution in [2.24, 2.45) is 0 Å². The Morgan fingerprint density at radius 2 is 1.66 bits per heavy atom. The highest BCUT2D eigenvalue weighted by Gasteiger charge is 2.38. The quantitative estimate of drug-likeness (QED) is 0.558. The van der Waals surface area contributed by atoms with Gasteiger partial charge in [0.05, 0.1) is 17.7 Å². The Kier molecular flexibility index (Phi) is 6.04. The molecule has 0 spiro atoms. The van der Waals surface area contributed by atoms with Crippen LogP contribution in [0.4, 0.5) is 11.4 Å². The van der Waals surface area contributed by atoms with E-state index in [1.165, 1.54) is 0 Å². The maximum Gasteiger partial charge on any atom is 0.258 e. The molecule has 0 N–H and O–H groups in total. The Morgan fingerprint density at radius 1 is 1.00 bits per heavy atom. The van der Waals surface area contributed by atoms with Gasteiger partial charge >= 0.3 is 0 Å². The van der Waals surface area contributed by atoms with Crippen LogP contribution >= 0.6 is 0 Å². The molecule has 2 amide bonds. The van der Waals surface area contributed by atoms with Crippen LogP contribution in [-0.4, -0.2) is 17.9 Å². The van der Waals surface area contributed by atoms with Crippen molar-refractivity contribution >= 4 is 23.2 Å². The molecule has 5 nitrogen and oxygen atoms in total. The van der Waals surface area contributed by atoms with Gasteiger partial charge in [0.1, 0.15) is 0 Å². The zero-order chi connectivity index (χ0) is 22.7. The third-order valence-corrected chi connectivity index (χ3v) is 5.96. The monoisotopic (exact) mass is 423 g/mol. The average molecular weight is 424 g/mol. The highest BCUT2D eigenvalue weighted by Crippen LogP contribution is 2.42. The highest BCUT2D eigenvalue weighted by atomic mass is 16.2. The summed E-state index contributed by atoms with van der Waals surface area (Å²) in [6.45, 7) is 3.89. The predicted octanol–water partition coefficient (Wildman–Crippen LogP) is 5.48. The van der Waals surface area contributed by atoms with E-state index in [1.807, 2.05) is 78.2 Å². The van der Waals surface area contributed by atoms with Gasteiger partial charge in [-0.15, -0.1) is 0 Å². The molecule has 3 aromatic rings. The summed E-state index contributed by atoms with van der Waals surface area (Å²) < 4.78 is 0. The van der Waals surface area contributed by atoms with Gasteiger partial charge in [-0.05, 0) is 61.4 Å². The SMILES string of the molecule is CCC(=O)N(c1ccccc1)C1CC(C)N(C(=O)c2ccc(C#N)cc2)c2ccccc21. The Morgan fingerprint density at radius 3 is 2.31 bits per heavy atom. The number of para-hydroxylation sites is 2. The van der Waals surface area contributed by atoms with Gasteiger partial charge in [0.15, 0.2) is 0 Å². The van der Waals surface area contributed by atoms with Gasteiger partial charge in [0.25, 0.3) is 5.91 Å². The van der Waals surface area contributed by atoms with Crippen LogP contribution in [0.5, 0.6) is 0 Å². The van der Waals surface area contributed by atoms with Gasteiger partial charge < -0.3 is 9.80 Å². The van der Waals surface area contributed by atoms with E-state index in [2.05, 4.69) is 6.07 Å². The number of nitrogens with zero attached hydrogens (tertiary/aromatic N) is 3. The molecule has 0 aromatic heterocycles. The number of rotatable bonds is 4. The third-order valence-electron chi connectivity index (χ3n) is 5.96. The molecule has 32 heavy (non-hydrogen) atoms. The molecule has 0 saturated carbocycles. The van der Waals surface area contributed by atoms with Crippen LogP contribution < -0.4 is 9.80 Å². The lowest BCUT2D eigenvalue weighted by Gasteiger charge is -2.43. The summed E-state index contributed by atoms with van der Waals surface area (Å²) in [5, 5.41) is 9.05. The van der Waals surface area contributed by atoms with Crippen molar-refractivity contribution in [3.05, 3.63) is 95.6 Å². The Labute approximate surface area is 188 Å². The lowest BCUT2D eigenvalue weighted by Crippen LogP contribution is -2.47. The average Bonchev–Trinajstić information content (AvgIpc) is 2.84. The number of anilines is 2. The number of hydrogen-bond donors (Lipinski definition) is 0. The topological polar surface area (TPSA) is 64.4 Å². The molecule has 2 atom stereocenters. The third kappa shape index (κ3) is 3.88. The van der Waals surface area contributed by atoms with Crippen molar-refractivity contribution in [2.75, 3.05) is 9.80 Å². The van der Waals surface area contributed by atoms with Crippen molar-refractivity contribution in [1.29, 1.82) is 5.26 Å². The standard InChI is InChI=1S/C27H25N3O2/c1-3-26(31)30(22-9-5-4-6-10-22)25-17-19(2)29(24-12-8-7-11-23(24)25)27(32)21-15-13-20(18-28)14-16-21/h4-16,19,25H,3,17H2,1-2H3. The number of carbonyl (C=O) groups is 2. The zero-order valence-electron chi connectivity index (χ0n) is 18.2. The normalized spacial score (nSPS) is 17.2. The summed E-state index contributed by atoms with van der Waals surface area (Å²) in [7, 11) is 0. The summed E-state index contributed by atoms with van der Waals surface area (Å²) in [4.78, 5) is 30.2. The van der Waals surface area contributed by atoms with Gasteiger partial charge in [-0.25, -0.2) is 0 Å². The molecule has 2 unspecified atom stereocenters. The molecule has 3 aromatic carbocycles. The highest BCUT2D eigenvalue weighted by molar-refractivity contribution is 6.07. The maximum atomic E-state index is 13.5.